The van der Waals surface area contributed by atoms with E-state index in [-0.39, 0.29) is 5.75 Å². The van der Waals surface area contributed by atoms with Crippen molar-refractivity contribution in [1.29, 1.82) is 0 Å². The van der Waals surface area contributed by atoms with Crippen LogP contribution in [0.25, 0.3) is 0 Å². The Bertz CT molecular complexity index is 575. The second-order valence-corrected chi connectivity index (χ2v) is 5.51. The Morgan fingerprint density at radius 3 is 2.61 bits per heavy atom. The summed E-state index contributed by atoms with van der Waals surface area (Å²) in [5.74, 6) is 0.246. The zero-order valence-corrected chi connectivity index (χ0v) is 12.4. The third-order valence-corrected chi connectivity index (χ3v) is 3.48. The van der Waals surface area contributed by atoms with Crippen LogP contribution in [0.3, 0.4) is 0 Å². The van der Waals surface area contributed by atoms with E-state index in [9.17, 15) is 5.11 Å². The molecule has 0 saturated heterocycles. The summed E-state index contributed by atoms with van der Waals surface area (Å²) in [6, 6.07) is 10.5. The van der Waals surface area contributed by atoms with Crippen molar-refractivity contribution >= 4 is 44.8 Å². The molecule has 18 heavy (non-hydrogen) atoms. The smallest absolute Gasteiger partial charge is 0.120 e. The molecule has 2 rings (SSSR count). The lowest BCUT2D eigenvalue weighted by Crippen LogP contribution is -2.00. The van der Waals surface area contributed by atoms with Gasteiger partial charge in [0, 0.05) is 21.6 Å². The van der Waals surface area contributed by atoms with Crippen molar-refractivity contribution in [3.63, 3.8) is 0 Å². The van der Waals surface area contributed by atoms with Gasteiger partial charge in [-0.2, -0.15) is 0 Å². The first-order chi connectivity index (χ1) is 8.56. The summed E-state index contributed by atoms with van der Waals surface area (Å²) in [5, 5.41) is 14.0. The van der Waals surface area contributed by atoms with E-state index in [1.165, 1.54) is 0 Å². The average Bonchev–Trinajstić information content (AvgIpc) is 2.32. The fourth-order valence-corrected chi connectivity index (χ4v) is 2.40. The van der Waals surface area contributed by atoms with E-state index in [0.29, 0.717) is 16.6 Å². The number of benzene rings is 2. The Kier molecular flexibility index (Phi) is 4.38. The maximum Gasteiger partial charge on any atom is 0.120 e. The first-order valence-electron chi connectivity index (χ1n) is 5.22. The van der Waals surface area contributed by atoms with Crippen molar-refractivity contribution in [1.82, 2.24) is 0 Å². The van der Waals surface area contributed by atoms with Crippen LogP contribution in [0.15, 0.2) is 40.9 Å². The van der Waals surface area contributed by atoms with Crippen molar-refractivity contribution in [2.24, 2.45) is 0 Å². The summed E-state index contributed by atoms with van der Waals surface area (Å²) >= 11 is 15.2. The summed E-state index contributed by atoms with van der Waals surface area (Å²) in [6.07, 6.45) is 0. The molecule has 0 spiro atoms. The Morgan fingerprint density at radius 2 is 1.89 bits per heavy atom. The second kappa shape index (κ2) is 5.83. The van der Waals surface area contributed by atoms with Gasteiger partial charge in [0.2, 0.25) is 0 Å². The highest BCUT2D eigenvalue weighted by Gasteiger charge is 2.04. The van der Waals surface area contributed by atoms with E-state index in [2.05, 4.69) is 21.2 Å². The van der Waals surface area contributed by atoms with Crippen molar-refractivity contribution in [2.75, 3.05) is 5.32 Å². The monoisotopic (exact) mass is 345 g/mol. The van der Waals surface area contributed by atoms with E-state index in [4.69, 9.17) is 23.2 Å². The van der Waals surface area contributed by atoms with Crippen LogP contribution in [0, 0.1) is 0 Å². The molecule has 94 valence electrons. The molecule has 0 fully saturated rings. The number of hydrogen-bond acceptors (Lipinski definition) is 2. The number of anilines is 1. The molecule has 2 aromatic carbocycles. The molecule has 0 unspecified atom stereocenters. The molecule has 0 aliphatic heterocycles. The molecule has 2 N–H and O–H groups in total. The standard InChI is InChI=1S/C13H10BrCl2NO/c14-9-1-4-13(18)8(5-9)7-17-12-3-2-10(15)6-11(12)16/h1-6,17-18H,7H2. The molecule has 0 saturated carbocycles. The first kappa shape index (κ1) is 13.5. The van der Waals surface area contributed by atoms with E-state index in [0.717, 1.165) is 15.7 Å². The van der Waals surface area contributed by atoms with E-state index >= 15 is 0 Å². The molecule has 0 aromatic heterocycles. The molecule has 0 heterocycles. The molecule has 0 aliphatic rings. The van der Waals surface area contributed by atoms with Crippen LogP contribution in [-0.4, -0.2) is 5.11 Å². The van der Waals surface area contributed by atoms with Crippen LogP contribution < -0.4 is 5.32 Å². The van der Waals surface area contributed by atoms with E-state index in [1.807, 2.05) is 6.07 Å². The highest BCUT2D eigenvalue weighted by atomic mass is 79.9. The van der Waals surface area contributed by atoms with Crippen molar-refractivity contribution in [2.45, 2.75) is 6.54 Å². The number of halogens is 3. The van der Waals surface area contributed by atoms with Gasteiger partial charge in [-0.3, -0.25) is 0 Å². The Morgan fingerprint density at radius 1 is 1.11 bits per heavy atom. The minimum atomic E-state index is 0.246. The lowest BCUT2D eigenvalue weighted by Gasteiger charge is -2.10. The minimum Gasteiger partial charge on any atom is -0.508 e. The van der Waals surface area contributed by atoms with Gasteiger partial charge in [0.1, 0.15) is 5.75 Å². The SMILES string of the molecule is Oc1ccc(Br)cc1CNc1ccc(Cl)cc1Cl. The van der Waals surface area contributed by atoms with Gasteiger partial charge in [0.25, 0.3) is 0 Å². The van der Waals surface area contributed by atoms with Crippen LogP contribution >= 0.6 is 39.1 Å². The molecular weight excluding hydrogens is 337 g/mol. The lowest BCUT2D eigenvalue weighted by molar-refractivity contribution is 0.469. The number of aromatic hydroxyl groups is 1. The van der Waals surface area contributed by atoms with Gasteiger partial charge < -0.3 is 10.4 Å². The molecule has 0 radical (unpaired) electrons. The fourth-order valence-electron chi connectivity index (χ4n) is 1.52. The van der Waals surface area contributed by atoms with Crippen LogP contribution in [0.5, 0.6) is 5.75 Å². The van der Waals surface area contributed by atoms with Crippen LogP contribution in [0.2, 0.25) is 10.0 Å². The van der Waals surface area contributed by atoms with Gasteiger partial charge in [-0.15, -0.1) is 0 Å². The third kappa shape index (κ3) is 3.31. The number of phenolic OH excluding ortho intramolecular Hbond substituents is 1. The highest BCUT2D eigenvalue weighted by Crippen LogP contribution is 2.27. The quantitative estimate of drug-likeness (QED) is 0.812. The van der Waals surface area contributed by atoms with Crippen molar-refractivity contribution < 1.29 is 5.11 Å². The number of hydrogen-bond donors (Lipinski definition) is 2. The molecule has 0 atom stereocenters. The molecule has 2 nitrogen and oxygen atoms in total. The molecular formula is C13H10BrCl2NO. The lowest BCUT2D eigenvalue weighted by atomic mass is 10.2. The number of rotatable bonds is 3. The van der Waals surface area contributed by atoms with Crippen LogP contribution in [-0.2, 0) is 6.54 Å². The predicted molar refractivity (Wildman–Crippen MR) is 79.6 cm³/mol. The van der Waals surface area contributed by atoms with Gasteiger partial charge in [-0.1, -0.05) is 39.1 Å². The number of phenols is 1. The van der Waals surface area contributed by atoms with Gasteiger partial charge in [0.15, 0.2) is 0 Å². The summed E-state index contributed by atoms with van der Waals surface area (Å²) in [5.41, 5.74) is 1.57. The Labute approximate surface area is 124 Å². The molecule has 0 aliphatic carbocycles. The molecule has 5 heteroatoms. The van der Waals surface area contributed by atoms with Gasteiger partial charge in [-0.05, 0) is 36.4 Å². The maximum atomic E-state index is 9.71. The van der Waals surface area contributed by atoms with Gasteiger partial charge in [-0.25, -0.2) is 0 Å². The van der Waals surface area contributed by atoms with Crippen LogP contribution in [0.1, 0.15) is 5.56 Å². The second-order valence-electron chi connectivity index (χ2n) is 3.75. The molecule has 0 bridgehead atoms. The normalized spacial score (nSPS) is 10.4. The zero-order chi connectivity index (χ0) is 13.1. The summed E-state index contributed by atoms with van der Waals surface area (Å²) < 4.78 is 0.916. The van der Waals surface area contributed by atoms with Gasteiger partial charge >= 0.3 is 0 Å². The third-order valence-electron chi connectivity index (χ3n) is 2.44. The summed E-state index contributed by atoms with van der Waals surface area (Å²) in [4.78, 5) is 0. The fraction of sp³-hybridized carbons (Fsp3) is 0.0769. The Hall–Kier alpha value is -0.900. The topological polar surface area (TPSA) is 32.3 Å². The number of nitrogens with one attached hydrogen (secondary N) is 1. The minimum absolute atomic E-state index is 0.246. The van der Waals surface area contributed by atoms with Crippen molar-refractivity contribution in [3.8, 4) is 5.75 Å². The summed E-state index contributed by atoms with van der Waals surface area (Å²) in [6.45, 7) is 0.479. The predicted octanol–water partition coefficient (Wildman–Crippen LogP) is 5.07. The van der Waals surface area contributed by atoms with E-state index in [1.54, 1.807) is 30.3 Å². The molecule has 0 amide bonds. The first-order valence-corrected chi connectivity index (χ1v) is 6.77. The summed E-state index contributed by atoms with van der Waals surface area (Å²) in [7, 11) is 0. The van der Waals surface area contributed by atoms with Crippen LogP contribution in [0.4, 0.5) is 5.69 Å². The Balaban J connectivity index is 2.13. The average molecular weight is 347 g/mol. The van der Waals surface area contributed by atoms with Crippen molar-refractivity contribution in [3.05, 3.63) is 56.5 Å². The van der Waals surface area contributed by atoms with Gasteiger partial charge in [0.05, 0.1) is 10.7 Å². The van der Waals surface area contributed by atoms with E-state index < -0.39 is 0 Å². The zero-order valence-electron chi connectivity index (χ0n) is 9.25. The molecule has 2 aromatic rings. The highest BCUT2D eigenvalue weighted by molar-refractivity contribution is 9.10. The maximum absolute atomic E-state index is 9.71. The largest absolute Gasteiger partial charge is 0.508 e.